The second-order valence-electron chi connectivity index (χ2n) is 10.2. The van der Waals surface area contributed by atoms with E-state index in [0.717, 1.165) is 56.8 Å². The second kappa shape index (κ2) is 10.2. The van der Waals surface area contributed by atoms with Crippen molar-refractivity contribution in [2.75, 3.05) is 32.7 Å². The Morgan fingerprint density at radius 2 is 2.00 bits per heavy atom. The van der Waals surface area contributed by atoms with Gasteiger partial charge in [0.05, 0.1) is 0 Å². The van der Waals surface area contributed by atoms with Crippen LogP contribution in [0.4, 0.5) is 4.79 Å². The predicted molar refractivity (Wildman–Crippen MR) is 126 cm³/mol. The quantitative estimate of drug-likeness (QED) is 0.452. The Morgan fingerprint density at radius 1 is 1.19 bits per heavy atom. The zero-order chi connectivity index (χ0) is 22.6. The van der Waals surface area contributed by atoms with Crippen molar-refractivity contribution in [2.45, 2.75) is 64.3 Å². The summed E-state index contributed by atoms with van der Waals surface area (Å²) in [6.45, 7) is 8.30. The first kappa shape index (κ1) is 23.0. The number of rotatable bonds is 8. The van der Waals surface area contributed by atoms with E-state index in [9.17, 15) is 9.59 Å². The molecule has 1 aromatic heterocycles. The molecule has 3 amide bonds. The highest BCUT2D eigenvalue weighted by Crippen LogP contribution is 2.38. The maximum Gasteiger partial charge on any atom is 0.327 e. The Bertz CT molecular complexity index is 814. The van der Waals surface area contributed by atoms with Gasteiger partial charge in [-0.25, -0.2) is 4.79 Å². The lowest BCUT2D eigenvalue weighted by Crippen LogP contribution is -2.57. The van der Waals surface area contributed by atoms with Crippen LogP contribution in [0.2, 0.25) is 0 Å². The smallest absolute Gasteiger partial charge is 0.309 e. The molecule has 3 aliphatic rings. The molecule has 6 heteroatoms. The van der Waals surface area contributed by atoms with Crippen molar-refractivity contribution in [3.05, 3.63) is 42.2 Å². The Balaban J connectivity index is 1.40. The van der Waals surface area contributed by atoms with Gasteiger partial charge in [0.15, 0.2) is 0 Å². The first-order chi connectivity index (χ1) is 15.5. The maximum atomic E-state index is 13.6. The number of pyridine rings is 1. The topological polar surface area (TPSA) is 56.8 Å². The van der Waals surface area contributed by atoms with Gasteiger partial charge in [-0.3, -0.25) is 14.7 Å². The Hall–Kier alpha value is -2.21. The minimum absolute atomic E-state index is 0.0367. The zero-order valence-corrected chi connectivity index (χ0v) is 19.7. The molecule has 1 spiro atoms. The third-order valence-electron chi connectivity index (χ3n) is 7.32. The molecule has 0 N–H and O–H groups in total. The van der Waals surface area contributed by atoms with Crippen LogP contribution in [0.1, 0.15) is 57.9 Å². The largest absolute Gasteiger partial charge is 0.327 e. The third kappa shape index (κ3) is 4.90. The number of carbonyl (C=O) groups is 2. The summed E-state index contributed by atoms with van der Waals surface area (Å²) in [6, 6.07) is 3.89. The molecule has 1 aromatic rings. The van der Waals surface area contributed by atoms with Crippen molar-refractivity contribution < 1.29 is 9.59 Å². The van der Waals surface area contributed by atoms with Crippen LogP contribution in [0.15, 0.2) is 36.7 Å². The van der Waals surface area contributed by atoms with Crippen LogP contribution in [-0.2, 0) is 11.2 Å². The van der Waals surface area contributed by atoms with Crippen molar-refractivity contribution in [1.29, 1.82) is 0 Å². The SMILES string of the molecule is CC(C)CN1C(=O)N(CCCc2cccnc2)C(=O)C12CCN(C[C@@H]1CC=CCC1)CC2. The van der Waals surface area contributed by atoms with E-state index in [1.807, 2.05) is 23.2 Å². The average molecular weight is 439 g/mol. The van der Waals surface area contributed by atoms with E-state index in [-0.39, 0.29) is 11.9 Å². The summed E-state index contributed by atoms with van der Waals surface area (Å²) in [6.07, 6.45) is 15.0. The van der Waals surface area contributed by atoms with Gasteiger partial charge in [0.1, 0.15) is 5.54 Å². The molecule has 0 unspecified atom stereocenters. The van der Waals surface area contributed by atoms with Crippen LogP contribution >= 0.6 is 0 Å². The minimum Gasteiger partial charge on any atom is -0.309 e. The van der Waals surface area contributed by atoms with Gasteiger partial charge in [0.25, 0.3) is 5.91 Å². The van der Waals surface area contributed by atoms with E-state index < -0.39 is 5.54 Å². The highest BCUT2D eigenvalue weighted by Gasteiger charge is 2.57. The number of aryl methyl sites for hydroxylation is 1. The number of hydrogen-bond acceptors (Lipinski definition) is 4. The summed E-state index contributed by atoms with van der Waals surface area (Å²) in [5, 5.41) is 0. The van der Waals surface area contributed by atoms with Crippen LogP contribution in [0.3, 0.4) is 0 Å². The Morgan fingerprint density at radius 3 is 2.66 bits per heavy atom. The number of carbonyl (C=O) groups excluding carboxylic acids is 2. The molecular weight excluding hydrogens is 400 g/mol. The fourth-order valence-electron chi connectivity index (χ4n) is 5.56. The van der Waals surface area contributed by atoms with E-state index in [1.165, 1.54) is 19.3 Å². The molecule has 4 rings (SSSR count). The summed E-state index contributed by atoms with van der Waals surface area (Å²) in [4.78, 5) is 37.2. The molecule has 0 saturated carbocycles. The molecule has 2 fully saturated rings. The van der Waals surface area contributed by atoms with Crippen molar-refractivity contribution in [3.63, 3.8) is 0 Å². The molecule has 0 radical (unpaired) electrons. The maximum absolute atomic E-state index is 13.6. The summed E-state index contributed by atoms with van der Waals surface area (Å²) in [7, 11) is 0. The molecule has 1 atom stereocenters. The summed E-state index contributed by atoms with van der Waals surface area (Å²) in [5.74, 6) is 1.10. The lowest BCUT2D eigenvalue weighted by atomic mass is 9.84. The van der Waals surface area contributed by atoms with Crippen LogP contribution in [0.25, 0.3) is 0 Å². The van der Waals surface area contributed by atoms with Gasteiger partial charge in [-0.15, -0.1) is 0 Å². The number of aromatic nitrogens is 1. The second-order valence-corrected chi connectivity index (χ2v) is 10.2. The van der Waals surface area contributed by atoms with Crippen molar-refractivity contribution in [2.24, 2.45) is 11.8 Å². The highest BCUT2D eigenvalue weighted by molar-refractivity contribution is 6.07. The summed E-state index contributed by atoms with van der Waals surface area (Å²) < 4.78 is 0. The van der Waals surface area contributed by atoms with Crippen LogP contribution < -0.4 is 0 Å². The molecule has 0 aromatic carbocycles. The van der Waals surface area contributed by atoms with E-state index in [2.05, 4.69) is 35.9 Å². The van der Waals surface area contributed by atoms with Gasteiger partial charge in [-0.1, -0.05) is 32.1 Å². The monoisotopic (exact) mass is 438 g/mol. The molecular formula is C26H38N4O2. The number of nitrogens with zero attached hydrogens (tertiary/aromatic N) is 4. The minimum atomic E-state index is -0.640. The lowest BCUT2D eigenvalue weighted by molar-refractivity contribution is -0.136. The van der Waals surface area contributed by atoms with Crippen LogP contribution in [0, 0.1) is 11.8 Å². The van der Waals surface area contributed by atoms with E-state index >= 15 is 0 Å². The Kier molecular flexibility index (Phi) is 7.29. The normalized spacial score (nSPS) is 23.7. The first-order valence-corrected chi connectivity index (χ1v) is 12.4. The number of piperidine rings is 1. The summed E-state index contributed by atoms with van der Waals surface area (Å²) in [5.41, 5.74) is 0.504. The van der Waals surface area contributed by atoms with Crippen LogP contribution in [0.5, 0.6) is 0 Å². The number of likely N-dealkylation sites (tertiary alicyclic amines) is 1. The van der Waals surface area contributed by atoms with Crippen molar-refractivity contribution in [3.8, 4) is 0 Å². The van der Waals surface area contributed by atoms with Gasteiger partial charge in [0.2, 0.25) is 0 Å². The van der Waals surface area contributed by atoms with E-state index in [1.54, 1.807) is 11.1 Å². The molecule has 0 bridgehead atoms. The van der Waals surface area contributed by atoms with E-state index in [4.69, 9.17) is 0 Å². The van der Waals surface area contributed by atoms with Crippen molar-refractivity contribution >= 4 is 11.9 Å². The molecule has 2 saturated heterocycles. The zero-order valence-electron chi connectivity index (χ0n) is 19.7. The molecule has 32 heavy (non-hydrogen) atoms. The van der Waals surface area contributed by atoms with Gasteiger partial charge in [-0.2, -0.15) is 0 Å². The number of hydrogen-bond donors (Lipinski definition) is 0. The standard InChI is InChI=1S/C26H38N4O2/c1-21(2)19-30-25(32)29(15-7-11-22-10-6-14-27-18-22)24(31)26(30)12-16-28(17-13-26)20-23-8-4-3-5-9-23/h3-4,6,10,14,18,21,23H,5,7-9,11-13,15-17,19-20H2,1-2H3/t23-/m1/s1. The molecule has 6 nitrogen and oxygen atoms in total. The van der Waals surface area contributed by atoms with Crippen molar-refractivity contribution in [1.82, 2.24) is 19.7 Å². The third-order valence-corrected chi connectivity index (χ3v) is 7.32. The molecule has 2 aliphatic heterocycles. The first-order valence-electron chi connectivity index (χ1n) is 12.4. The predicted octanol–water partition coefficient (Wildman–Crippen LogP) is 4.13. The van der Waals surface area contributed by atoms with E-state index in [0.29, 0.717) is 19.0 Å². The lowest BCUT2D eigenvalue weighted by Gasteiger charge is -2.43. The Labute approximate surface area is 192 Å². The fraction of sp³-hybridized carbons (Fsp3) is 0.654. The highest BCUT2D eigenvalue weighted by atomic mass is 16.2. The van der Waals surface area contributed by atoms with Crippen LogP contribution in [-0.4, -0.2) is 69.9 Å². The average Bonchev–Trinajstić information content (AvgIpc) is 2.98. The number of urea groups is 1. The van der Waals surface area contributed by atoms with Gasteiger partial charge in [-0.05, 0) is 68.4 Å². The number of allylic oxidation sites excluding steroid dienone is 2. The molecule has 3 heterocycles. The number of amides is 3. The number of imide groups is 1. The van der Waals surface area contributed by atoms with Gasteiger partial charge in [0, 0.05) is 45.1 Å². The summed E-state index contributed by atoms with van der Waals surface area (Å²) >= 11 is 0. The molecule has 1 aliphatic carbocycles. The molecule has 174 valence electrons. The van der Waals surface area contributed by atoms with Gasteiger partial charge >= 0.3 is 6.03 Å². The fourth-order valence-corrected chi connectivity index (χ4v) is 5.56. The van der Waals surface area contributed by atoms with Gasteiger partial charge < -0.3 is 9.80 Å².